The molecule has 1 spiro atoms. The third-order valence-corrected chi connectivity index (χ3v) is 8.93. The number of hydrogen-bond donors (Lipinski definition) is 2. The van der Waals surface area contributed by atoms with E-state index in [1.807, 2.05) is 56.3 Å². The number of fused-ring (bicyclic) bond motifs is 2. The van der Waals surface area contributed by atoms with Crippen molar-refractivity contribution in [3.05, 3.63) is 60.2 Å². The van der Waals surface area contributed by atoms with E-state index in [1.165, 1.54) is 4.90 Å². The number of rotatable bonds is 7. The van der Waals surface area contributed by atoms with Crippen molar-refractivity contribution >= 4 is 23.7 Å². The molecule has 0 aromatic heterocycles. The second-order valence-electron chi connectivity index (χ2n) is 11.5. The van der Waals surface area contributed by atoms with Crippen LogP contribution in [0.4, 0.5) is 0 Å². The van der Waals surface area contributed by atoms with Crippen LogP contribution in [0.5, 0.6) is 0 Å². The molecular formula is C32H41N3O7. The van der Waals surface area contributed by atoms with Gasteiger partial charge in [0.15, 0.2) is 0 Å². The Bertz CT molecular complexity index is 1230. The average Bonchev–Trinajstić information content (AvgIpc) is 3.64. The lowest BCUT2D eigenvalue weighted by atomic mass is 9.74. The zero-order valence-corrected chi connectivity index (χ0v) is 24.3. The maximum absolute atomic E-state index is 14.4. The van der Waals surface area contributed by atoms with E-state index in [0.717, 1.165) is 12.8 Å². The first-order chi connectivity index (χ1) is 20.4. The van der Waals surface area contributed by atoms with E-state index in [9.17, 15) is 24.3 Å². The molecule has 5 rings (SSSR count). The molecule has 42 heavy (non-hydrogen) atoms. The van der Waals surface area contributed by atoms with Crippen molar-refractivity contribution in [2.24, 2.45) is 11.8 Å². The minimum atomic E-state index is -1.34. The van der Waals surface area contributed by atoms with Gasteiger partial charge in [-0.2, -0.15) is 0 Å². The first-order valence-corrected chi connectivity index (χ1v) is 15.1. The summed E-state index contributed by atoms with van der Waals surface area (Å²) in [5.74, 6) is -3.41. The van der Waals surface area contributed by atoms with Gasteiger partial charge in [0, 0.05) is 19.5 Å². The predicted molar refractivity (Wildman–Crippen MR) is 154 cm³/mol. The molecule has 2 N–H and O–H groups in total. The van der Waals surface area contributed by atoms with Crippen molar-refractivity contribution in [1.82, 2.24) is 15.1 Å². The smallest absolute Gasteiger partial charge is 0.313 e. The number of esters is 1. The van der Waals surface area contributed by atoms with E-state index in [0.29, 0.717) is 31.5 Å². The molecule has 2 fully saturated rings. The van der Waals surface area contributed by atoms with Gasteiger partial charge in [0.1, 0.15) is 23.7 Å². The number of hydrogen-bond acceptors (Lipinski definition) is 7. The zero-order chi connectivity index (χ0) is 29.9. The lowest BCUT2D eigenvalue weighted by Crippen LogP contribution is -2.58. The highest BCUT2D eigenvalue weighted by Crippen LogP contribution is 2.56. The molecule has 2 saturated heterocycles. The summed E-state index contributed by atoms with van der Waals surface area (Å²) in [6.07, 6.45) is 8.59. The molecule has 3 amide bonds. The van der Waals surface area contributed by atoms with Crippen LogP contribution in [0.1, 0.15) is 57.6 Å². The number of nitrogens with one attached hydrogen (secondary N) is 1. The predicted octanol–water partition coefficient (Wildman–Crippen LogP) is 2.29. The monoisotopic (exact) mass is 579 g/mol. The second kappa shape index (κ2) is 12.8. The Morgan fingerprint density at radius 2 is 1.88 bits per heavy atom. The van der Waals surface area contributed by atoms with Crippen molar-refractivity contribution in [2.75, 3.05) is 26.2 Å². The Labute approximate surface area is 246 Å². The van der Waals surface area contributed by atoms with Crippen LogP contribution < -0.4 is 5.32 Å². The molecular weight excluding hydrogens is 538 g/mol. The van der Waals surface area contributed by atoms with Crippen molar-refractivity contribution in [2.45, 2.75) is 75.8 Å². The first kappa shape index (κ1) is 30.0. The van der Waals surface area contributed by atoms with E-state index >= 15 is 0 Å². The normalized spacial score (nSPS) is 33.0. The van der Waals surface area contributed by atoms with Crippen LogP contribution in [0, 0.1) is 11.8 Å². The van der Waals surface area contributed by atoms with Gasteiger partial charge in [0.05, 0.1) is 31.2 Å². The average molecular weight is 580 g/mol. The molecule has 5 bridgehead atoms. The summed E-state index contributed by atoms with van der Waals surface area (Å²) in [7, 11) is 0. The molecule has 0 saturated carbocycles. The number of aliphatic hydroxyl groups excluding tert-OH is 1. The van der Waals surface area contributed by atoms with E-state index < -0.39 is 47.7 Å². The highest BCUT2D eigenvalue weighted by molar-refractivity contribution is 5.99. The number of amides is 3. The van der Waals surface area contributed by atoms with Gasteiger partial charge in [0.25, 0.3) is 0 Å². The van der Waals surface area contributed by atoms with E-state index in [4.69, 9.17) is 9.47 Å². The van der Waals surface area contributed by atoms with Gasteiger partial charge in [-0.05, 0) is 24.8 Å². The van der Waals surface area contributed by atoms with Gasteiger partial charge in [0.2, 0.25) is 17.7 Å². The van der Waals surface area contributed by atoms with Crippen molar-refractivity contribution in [3.63, 3.8) is 0 Å². The third-order valence-electron chi connectivity index (χ3n) is 8.93. The highest BCUT2D eigenvalue weighted by atomic mass is 16.6. The van der Waals surface area contributed by atoms with Crippen LogP contribution >= 0.6 is 0 Å². The summed E-state index contributed by atoms with van der Waals surface area (Å²) in [5.41, 5.74) is -0.632. The van der Waals surface area contributed by atoms with Gasteiger partial charge in [-0.1, -0.05) is 74.9 Å². The molecule has 10 nitrogen and oxygen atoms in total. The van der Waals surface area contributed by atoms with Crippen molar-refractivity contribution < 1.29 is 33.8 Å². The number of unbranched alkanes of at least 4 members (excludes halogenated alkanes) is 1. The Kier molecular flexibility index (Phi) is 9.13. The van der Waals surface area contributed by atoms with Crippen molar-refractivity contribution in [1.29, 1.82) is 0 Å². The fraction of sp³-hybridized carbons (Fsp3) is 0.562. The Hall–Kier alpha value is -3.50. The lowest BCUT2D eigenvalue weighted by Gasteiger charge is -2.38. The summed E-state index contributed by atoms with van der Waals surface area (Å²) in [5, 5.41) is 13.2. The lowest BCUT2D eigenvalue weighted by molar-refractivity contribution is -0.160. The minimum Gasteiger partial charge on any atom is -0.455 e. The van der Waals surface area contributed by atoms with Crippen LogP contribution in [0.15, 0.2) is 54.6 Å². The summed E-state index contributed by atoms with van der Waals surface area (Å²) in [4.78, 5) is 58.4. The van der Waals surface area contributed by atoms with Crippen LogP contribution in [0.2, 0.25) is 0 Å². The fourth-order valence-electron chi connectivity index (χ4n) is 6.72. The number of benzene rings is 1. The Morgan fingerprint density at radius 1 is 1.10 bits per heavy atom. The number of ether oxygens (including phenoxy) is 2. The van der Waals surface area contributed by atoms with Gasteiger partial charge in [-0.25, -0.2) is 0 Å². The zero-order valence-electron chi connectivity index (χ0n) is 24.3. The number of carbonyl (C=O) groups excluding carboxylic acids is 4. The number of likely N-dealkylation sites (tertiary alicyclic amines) is 1. The number of cyclic esters (lactones) is 1. The third kappa shape index (κ3) is 5.38. The Morgan fingerprint density at radius 3 is 2.60 bits per heavy atom. The van der Waals surface area contributed by atoms with E-state index in [1.54, 1.807) is 17.1 Å². The number of nitrogens with zero attached hydrogens (tertiary/aromatic N) is 2. The molecule has 226 valence electrons. The van der Waals surface area contributed by atoms with Crippen LogP contribution in [-0.2, 0) is 28.7 Å². The SMILES string of the molecule is CCCCN1C/C=C\CCC(=O)NC[C@@H](c2ccccc2)OC(=O)[C@@H]2[C@@H]3C=C[C@]4(O3)[C@H](C1=O)N([C@@H](CC)CO)C(=O)[C@@H]24. The van der Waals surface area contributed by atoms with Gasteiger partial charge < -0.3 is 29.7 Å². The molecule has 4 aliphatic heterocycles. The molecule has 0 radical (unpaired) electrons. The highest BCUT2D eigenvalue weighted by Gasteiger charge is 2.74. The topological polar surface area (TPSA) is 125 Å². The van der Waals surface area contributed by atoms with Crippen LogP contribution in [-0.4, -0.2) is 88.6 Å². The van der Waals surface area contributed by atoms with Gasteiger partial charge in [-0.15, -0.1) is 0 Å². The second-order valence-corrected chi connectivity index (χ2v) is 11.5. The van der Waals surface area contributed by atoms with E-state index in [-0.39, 0.29) is 37.3 Å². The first-order valence-electron chi connectivity index (χ1n) is 15.1. The van der Waals surface area contributed by atoms with Crippen molar-refractivity contribution in [3.8, 4) is 0 Å². The van der Waals surface area contributed by atoms with Crippen LogP contribution in [0.3, 0.4) is 0 Å². The number of allylic oxidation sites excluding steroid dienone is 1. The van der Waals surface area contributed by atoms with Gasteiger partial charge >= 0.3 is 5.97 Å². The maximum atomic E-state index is 14.4. The summed E-state index contributed by atoms with van der Waals surface area (Å²) in [6.45, 7) is 4.45. The molecule has 4 heterocycles. The minimum absolute atomic E-state index is 0.0800. The molecule has 0 aliphatic carbocycles. The number of carbonyl (C=O) groups is 4. The largest absolute Gasteiger partial charge is 0.455 e. The molecule has 10 heteroatoms. The maximum Gasteiger partial charge on any atom is 0.313 e. The van der Waals surface area contributed by atoms with E-state index in [2.05, 4.69) is 5.32 Å². The molecule has 4 aliphatic rings. The quantitative estimate of drug-likeness (QED) is 0.375. The summed E-state index contributed by atoms with van der Waals surface area (Å²) < 4.78 is 12.5. The molecule has 1 aromatic rings. The summed E-state index contributed by atoms with van der Waals surface area (Å²) in [6, 6.07) is 7.52. The van der Waals surface area contributed by atoms with Gasteiger partial charge in [-0.3, -0.25) is 19.2 Å². The number of aliphatic hydroxyl groups is 1. The molecule has 0 unspecified atom stereocenters. The van der Waals surface area contributed by atoms with Crippen LogP contribution in [0.25, 0.3) is 0 Å². The fourth-order valence-corrected chi connectivity index (χ4v) is 6.72. The standard InChI is InChI=1S/C32H41N3O7/c1-3-5-17-34-18-11-7-10-14-25(37)33-19-24(21-12-8-6-9-13-21)41-31(40)26-23-15-16-32(42-23)27(26)29(38)35(22(4-2)20-36)28(32)30(34)39/h6-9,11-13,15-16,22-24,26-28,36H,3-5,10,14,17-20H2,1-2H3,(H,33,37)/b11-7-/t22-,23-,24-,26+,27+,28-,32+/m0/s1. The Balaban J connectivity index is 1.57. The summed E-state index contributed by atoms with van der Waals surface area (Å²) >= 11 is 0. The molecule has 7 atom stereocenters. The molecule has 1 aromatic carbocycles.